The molecule has 2 aromatic carbocycles. The number of hydrogen-bond acceptors (Lipinski definition) is 3. The molecule has 3 rings (SSSR count). The van der Waals surface area contributed by atoms with Crippen molar-refractivity contribution in [2.24, 2.45) is 4.99 Å². The van der Waals surface area contributed by atoms with Crippen LogP contribution in [0.25, 0.3) is 4.91 Å². The molecule has 0 aromatic heterocycles. The van der Waals surface area contributed by atoms with Gasteiger partial charge in [-0.15, -0.1) is 0 Å². The lowest BCUT2D eigenvalue weighted by Crippen LogP contribution is -2.23. The summed E-state index contributed by atoms with van der Waals surface area (Å²) in [6.45, 7) is 3.71. The molecule has 6 heteroatoms. The van der Waals surface area contributed by atoms with Crippen molar-refractivity contribution in [2.75, 3.05) is 0 Å². The van der Waals surface area contributed by atoms with Crippen molar-refractivity contribution >= 4 is 20.8 Å². The van der Waals surface area contributed by atoms with E-state index in [-0.39, 0.29) is 23.1 Å². The zero-order valence-electron chi connectivity index (χ0n) is 13.4. The Hall–Kier alpha value is -2.47. The summed E-state index contributed by atoms with van der Waals surface area (Å²) in [6, 6.07) is 13.6. The highest BCUT2D eigenvalue weighted by atomic mass is 32.2. The van der Waals surface area contributed by atoms with Gasteiger partial charge in [0.15, 0.2) is 0 Å². The predicted octanol–water partition coefficient (Wildman–Crippen LogP) is 3.40. The maximum atomic E-state index is 13.7. The van der Waals surface area contributed by atoms with Gasteiger partial charge in [0, 0.05) is 11.1 Å². The number of sulfonamides is 1. The van der Waals surface area contributed by atoms with E-state index in [4.69, 9.17) is 0 Å². The van der Waals surface area contributed by atoms with Crippen LogP contribution < -0.4 is 4.72 Å². The number of amidine groups is 1. The average Bonchev–Trinajstić information content (AvgIpc) is 2.77. The number of aryl methyl sites for hydroxylation is 1. The van der Waals surface area contributed by atoms with E-state index in [9.17, 15) is 12.8 Å². The Balaban J connectivity index is 1.98. The van der Waals surface area contributed by atoms with Gasteiger partial charge in [-0.3, -0.25) is 9.71 Å². The quantitative estimate of drug-likeness (QED) is 0.928. The van der Waals surface area contributed by atoms with Crippen molar-refractivity contribution in [1.82, 2.24) is 4.72 Å². The molecule has 1 aliphatic rings. The van der Waals surface area contributed by atoms with Crippen molar-refractivity contribution in [1.29, 1.82) is 0 Å². The number of hydrogen-bond donors (Lipinski definition) is 1. The molecular formula is C18H17FN2O2S. The Bertz CT molecular complexity index is 945. The van der Waals surface area contributed by atoms with E-state index in [2.05, 4.69) is 9.71 Å². The third-order valence-corrected chi connectivity index (χ3v) is 5.42. The van der Waals surface area contributed by atoms with Crippen LogP contribution in [0.3, 0.4) is 0 Å². The van der Waals surface area contributed by atoms with Crippen LogP contribution in [-0.2, 0) is 16.6 Å². The largest absolute Gasteiger partial charge is 0.264 e. The van der Waals surface area contributed by atoms with Crippen LogP contribution in [0.4, 0.5) is 4.39 Å². The van der Waals surface area contributed by atoms with Crippen LogP contribution in [0.1, 0.15) is 23.6 Å². The van der Waals surface area contributed by atoms with Gasteiger partial charge in [-0.25, -0.2) is 12.8 Å². The molecule has 24 heavy (non-hydrogen) atoms. The first-order chi connectivity index (χ1) is 11.4. The molecule has 0 saturated heterocycles. The first-order valence-corrected chi connectivity index (χ1v) is 8.96. The molecule has 124 valence electrons. The monoisotopic (exact) mass is 344 g/mol. The summed E-state index contributed by atoms with van der Waals surface area (Å²) in [7, 11) is -3.66. The molecular weight excluding hydrogens is 327 g/mol. The molecule has 1 N–H and O–H groups in total. The minimum absolute atomic E-state index is 0.0725. The van der Waals surface area contributed by atoms with E-state index >= 15 is 0 Å². The molecule has 0 aliphatic carbocycles. The van der Waals surface area contributed by atoms with Gasteiger partial charge in [-0.1, -0.05) is 48.0 Å². The van der Waals surface area contributed by atoms with Crippen LogP contribution in [-0.4, -0.2) is 14.3 Å². The van der Waals surface area contributed by atoms with Crippen molar-refractivity contribution < 1.29 is 12.8 Å². The molecule has 0 saturated carbocycles. The second-order valence-corrected chi connectivity index (χ2v) is 7.30. The van der Waals surface area contributed by atoms with Crippen molar-refractivity contribution in [3.63, 3.8) is 0 Å². The lowest BCUT2D eigenvalue weighted by Gasteiger charge is -2.03. The SMILES string of the molecule is CC1=C(c2ccc(C)cc2)S(=O)(=O)NC1=NCc1ccccc1F. The molecule has 1 aliphatic heterocycles. The first-order valence-electron chi connectivity index (χ1n) is 7.47. The minimum Gasteiger partial charge on any atom is -0.263 e. The summed E-state index contributed by atoms with van der Waals surface area (Å²) < 4.78 is 41.0. The number of halogens is 1. The number of rotatable bonds is 3. The zero-order chi connectivity index (χ0) is 17.3. The summed E-state index contributed by atoms with van der Waals surface area (Å²) in [4.78, 5) is 4.47. The number of nitrogens with one attached hydrogen (secondary N) is 1. The lowest BCUT2D eigenvalue weighted by atomic mass is 10.1. The molecule has 0 radical (unpaired) electrons. The molecule has 0 unspecified atom stereocenters. The van der Waals surface area contributed by atoms with Crippen LogP contribution in [0, 0.1) is 12.7 Å². The Morgan fingerprint density at radius 3 is 2.38 bits per heavy atom. The fraction of sp³-hybridized carbons (Fsp3) is 0.167. The van der Waals surface area contributed by atoms with Gasteiger partial charge in [0.2, 0.25) is 0 Å². The van der Waals surface area contributed by atoms with Gasteiger partial charge in [0.25, 0.3) is 10.0 Å². The first kappa shape index (κ1) is 16.4. The maximum Gasteiger partial charge on any atom is 0.264 e. The maximum absolute atomic E-state index is 13.7. The fourth-order valence-corrected chi connectivity index (χ4v) is 4.10. The van der Waals surface area contributed by atoms with E-state index in [1.54, 1.807) is 37.3 Å². The smallest absolute Gasteiger partial charge is 0.263 e. The minimum atomic E-state index is -3.66. The second kappa shape index (κ2) is 6.20. The topological polar surface area (TPSA) is 58.5 Å². The van der Waals surface area contributed by atoms with E-state index in [1.165, 1.54) is 6.07 Å². The van der Waals surface area contributed by atoms with Crippen molar-refractivity contribution in [2.45, 2.75) is 20.4 Å². The van der Waals surface area contributed by atoms with Crippen molar-refractivity contribution in [3.8, 4) is 0 Å². The van der Waals surface area contributed by atoms with Crippen LogP contribution in [0.5, 0.6) is 0 Å². The summed E-state index contributed by atoms with van der Waals surface area (Å²) in [5, 5.41) is 0. The highest BCUT2D eigenvalue weighted by Crippen LogP contribution is 2.30. The van der Waals surface area contributed by atoms with Crippen molar-refractivity contribution in [3.05, 3.63) is 76.6 Å². The molecule has 4 nitrogen and oxygen atoms in total. The molecule has 2 aromatic rings. The van der Waals surface area contributed by atoms with E-state index in [0.29, 0.717) is 16.7 Å². The average molecular weight is 344 g/mol. The number of benzene rings is 2. The summed E-state index contributed by atoms with van der Waals surface area (Å²) in [6.07, 6.45) is 0. The van der Waals surface area contributed by atoms with Gasteiger partial charge in [-0.2, -0.15) is 0 Å². The Kier molecular flexibility index (Phi) is 4.24. The van der Waals surface area contributed by atoms with Crippen LogP contribution in [0.15, 0.2) is 59.1 Å². The Morgan fingerprint density at radius 1 is 1.04 bits per heavy atom. The van der Waals surface area contributed by atoms with Gasteiger partial charge < -0.3 is 0 Å². The second-order valence-electron chi connectivity index (χ2n) is 5.68. The number of nitrogens with zero attached hydrogens (tertiary/aromatic N) is 1. The third-order valence-electron chi connectivity index (χ3n) is 3.87. The molecule has 0 amide bonds. The highest BCUT2D eigenvalue weighted by Gasteiger charge is 2.32. The number of aliphatic imine (C=N–C) groups is 1. The third kappa shape index (κ3) is 3.10. The molecule has 1 heterocycles. The van der Waals surface area contributed by atoms with E-state index in [1.807, 2.05) is 19.1 Å². The summed E-state index contributed by atoms with van der Waals surface area (Å²) in [5.41, 5.74) is 2.62. The molecule has 0 atom stereocenters. The van der Waals surface area contributed by atoms with Crippen LogP contribution in [0.2, 0.25) is 0 Å². The molecule has 0 fully saturated rings. The summed E-state index contributed by atoms with van der Waals surface area (Å²) in [5.74, 6) is -0.100. The summed E-state index contributed by atoms with van der Waals surface area (Å²) >= 11 is 0. The van der Waals surface area contributed by atoms with E-state index < -0.39 is 10.0 Å². The van der Waals surface area contributed by atoms with Gasteiger partial charge in [0.1, 0.15) is 16.6 Å². The van der Waals surface area contributed by atoms with Crippen LogP contribution >= 0.6 is 0 Å². The lowest BCUT2D eigenvalue weighted by molar-refractivity contribution is 0.603. The highest BCUT2D eigenvalue weighted by molar-refractivity contribution is 8.00. The predicted molar refractivity (Wildman–Crippen MR) is 93.4 cm³/mol. The normalized spacial score (nSPS) is 18.0. The van der Waals surface area contributed by atoms with Gasteiger partial charge in [-0.05, 0) is 25.5 Å². The van der Waals surface area contributed by atoms with E-state index in [0.717, 1.165) is 5.56 Å². The van der Waals surface area contributed by atoms with Gasteiger partial charge in [0.05, 0.1) is 6.54 Å². The Labute approximate surface area is 140 Å². The Morgan fingerprint density at radius 2 is 1.71 bits per heavy atom. The standard InChI is InChI=1S/C18H17FN2O2S/c1-12-7-9-14(10-8-12)17-13(2)18(21-24(17,22)23)20-11-15-5-3-4-6-16(15)19/h3-10H,11H2,1-2H3,(H,20,21). The van der Waals surface area contributed by atoms with Gasteiger partial charge >= 0.3 is 0 Å². The zero-order valence-corrected chi connectivity index (χ0v) is 14.2. The molecule has 0 spiro atoms. The molecule has 0 bridgehead atoms. The fourth-order valence-electron chi connectivity index (χ4n) is 2.58.